The molecule has 1 amide bonds. The second kappa shape index (κ2) is 6.43. The van der Waals surface area contributed by atoms with Gasteiger partial charge in [-0.3, -0.25) is 14.9 Å². The quantitative estimate of drug-likeness (QED) is 0.515. The highest BCUT2D eigenvalue weighted by Crippen LogP contribution is 2.23. The monoisotopic (exact) mass is 296 g/mol. The van der Waals surface area contributed by atoms with Gasteiger partial charge in [0.15, 0.2) is 0 Å². The van der Waals surface area contributed by atoms with E-state index in [0.29, 0.717) is 18.6 Å². The van der Waals surface area contributed by atoms with Crippen LogP contribution in [0.25, 0.3) is 0 Å². The standard InChI is InChI=1S/C14H14F2N2O3/c15-10-7-11(13(16)12(8-10)18(20)21)14(19)17-6-5-9-3-1-2-4-9/h3,7-8H,1-2,4-6H2,(H,17,19). The van der Waals surface area contributed by atoms with Gasteiger partial charge in [0.25, 0.3) is 5.91 Å². The van der Waals surface area contributed by atoms with Crippen LogP contribution in [0, 0.1) is 21.7 Å². The smallest absolute Gasteiger partial charge is 0.308 e. The Labute approximate surface area is 119 Å². The molecule has 1 N–H and O–H groups in total. The molecule has 1 aromatic rings. The van der Waals surface area contributed by atoms with Crippen molar-refractivity contribution < 1.29 is 18.5 Å². The first kappa shape index (κ1) is 15.1. The number of carbonyl (C=O) groups excluding carboxylic acids is 1. The number of rotatable bonds is 5. The molecule has 0 heterocycles. The molecule has 21 heavy (non-hydrogen) atoms. The number of nitrogens with zero attached hydrogens (tertiary/aromatic N) is 1. The van der Waals surface area contributed by atoms with Crippen molar-refractivity contribution >= 4 is 11.6 Å². The summed E-state index contributed by atoms with van der Waals surface area (Å²) in [5.41, 5.74) is -0.471. The Kier molecular flexibility index (Phi) is 4.62. The summed E-state index contributed by atoms with van der Waals surface area (Å²) in [6.45, 7) is 0.286. The molecular formula is C14H14F2N2O3. The van der Waals surface area contributed by atoms with Crippen molar-refractivity contribution in [1.82, 2.24) is 5.32 Å². The summed E-state index contributed by atoms with van der Waals surface area (Å²) in [4.78, 5) is 21.3. The minimum atomic E-state index is -1.32. The number of nitro groups is 1. The lowest BCUT2D eigenvalue weighted by Gasteiger charge is -2.07. The third kappa shape index (κ3) is 3.62. The van der Waals surface area contributed by atoms with Crippen molar-refractivity contribution in [2.75, 3.05) is 6.54 Å². The number of carbonyl (C=O) groups is 1. The molecule has 1 aromatic carbocycles. The van der Waals surface area contributed by atoms with Crippen LogP contribution in [0.4, 0.5) is 14.5 Å². The van der Waals surface area contributed by atoms with E-state index in [1.54, 1.807) is 0 Å². The third-order valence-electron chi connectivity index (χ3n) is 3.33. The summed E-state index contributed by atoms with van der Waals surface area (Å²) < 4.78 is 27.0. The lowest BCUT2D eigenvalue weighted by atomic mass is 10.1. The number of hydrogen-bond donors (Lipinski definition) is 1. The normalized spacial score (nSPS) is 13.9. The highest BCUT2D eigenvalue weighted by atomic mass is 19.1. The van der Waals surface area contributed by atoms with Crippen LogP contribution in [0.5, 0.6) is 0 Å². The molecule has 1 aliphatic carbocycles. The van der Waals surface area contributed by atoms with Crippen LogP contribution in [0.15, 0.2) is 23.8 Å². The molecule has 1 aliphatic rings. The Hall–Kier alpha value is -2.31. The molecule has 0 spiro atoms. The van der Waals surface area contributed by atoms with Gasteiger partial charge in [0.1, 0.15) is 5.82 Å². The van der Waals surface area contributed by atoms with Crippen LogP contribution in [0.2, 0.25) is 0 Å². The summed E-state index contributed by atoms with van der Waals surface area (Å²) in [5.74, 6) is -3.19. The first-order valence-corrected chi connectivity index (χ1v) is 6.58. The molecule has 0 atom stereocenters. The first-order chi connectivity index (χ1) is 9.99. The fourth-order valence-corrected chi connectivity index (χ4v) is 2.27. The van der Waals surface area contributed by atoms with Gasteiger partial charge in [0, 0.05) is 6.54 Å². The Bertz CT molecular complexity index is 614. The average molecular weight is 296 g/mol. The Balaban J connectivity index is 2.06. The molecule has 5 nitrogen and oxygen atoms in total. The molecule has 0 saturated carbocycles. The van der Waals surface area contributed by atoms with Crippen molar-refractivity contribution in [3.05, 3.63) is 51.1 Å². The van der Waals surface area contributed by atoms with Gasteiger partial charge in [-0.25, -0.2) is 4.39 Å². The second-order valence-corrected chi connectivity index (χ2v) is 4.80. The van der Waals surface area contributed by atoms with E-state index < -0.39 is 33.7 Å². The van der Waals surface area contributed by atoms with E-state index in [9.17, 15) is 23.7 Å². The van der Waals surface area contributed by atoms with Crippen LogP contribution in [0.1, 0.15) is 36.0 Å². The molecular weight excluding hydrogens is 282 g/mol. The topological polar surface area (TPSA) is 72.2 Å². The predicted octanol–water partition coefficient (Wildman–Crippen LogP) is 3.10. The number of amides is 1. The first-order valence-electron chi connectivity index (χ1n) is 6.58. The maximum atomic E-state index is 13.8. The zero-order valence-electron chi connectivity index (χ0n) is 11.2. The van der Waals surface area contributed by atoms with Gasteiger partial charge in [0.05, 0.1) is 16.6 Å². The molecule has 112 valence electrons. The molecule has 0 fully saturated rings. The fraction of sp³-hybridized carbons (Fsp3) is 0.357. The molecule has 2 rings (SSSR count). The third-order valence-corrected chi connectivity index (χ3v) is 3.33. The summed E-state index contributed by atoms with van der Waals surface area (Å²) in [6.07, 6.45) is 5.84. The van der Waals surface area contributed by atoms with Gasteiger partial charge in [-0.05, 0) is 31.7 Å². The van der Waals surface area contributed by atoms with Gasteiger partial charge in [-0.2, -0.15) is 4.39 Å². The number of nitro benzene ring substituents is 1. The molecule has 0 bridgehead atoms. The Morgan fingerprint density at radius 3 is 2.76 bits per heavy atom. The van der Waals surface area contributed by atoms with Crippen LogP contribution in [-0.2, 0) is 0 Å². The van der Waals surface area contributed by atoms with Gasteiger partial charge in [-0.15, -0.1) is 0 Å². The summed E-state index contributed by atoms with van der Waals surface area (Å²) in [7, 11) is 0. The van der Waals surface area contributed by atoms with Crippen molar-refractivity contribution in [2.45, 2.75) is 25.7 Å². The van der Waals surface area contributed by atoms with E-state index in [1.165, 1.54) is 5.57 Å². The lowest BCUT2D eigenvalue weighted by Crippen LogP contribution is -2.26. The Morgan fingerprint density at radius 1 is 1.38 bits per heavy atom. The predicted molar refractivity (Wildman–Crippen MR) is 71.9 cm³/mol. The number of allylic oxidation sites excluding steroid dienone is 1. The van der Waals surface area contributed by atoms with Crippen LogP contribution in [-0.4, -0.2) is 17.4 Å². The van der Waals surface area contributed by atoms with E-state index >= 15 is 0 Å². The number of nitrogens with one attached hydrogen (secondary N) is 1. The number of halogens is 2. The SMILES string of the molecule is O=C(NCCC1=CCCC1)c1cc(F)cc([N+](=O)[O-])c1F. The summed E-state index contributed by atoms with van der Waals surface area (Å²) >= 11 is 0. The van der Waals surface area contributed by atoms with Crippen LogP contribution >= 0.6 is 0 Å². The van der Waals surface area contributed by atoms with Crippen LogP contribution < -0.4 is 5.32 Å². The largest absolute Gasteiger partial charge is 0.352 e. The maximum absolute atomic E-state index is 13.8. The molecule has 0 aromatic heterocycles. The second-order valence-electron chi connectivity index (χ2n) is 4.80. The van der Waals surface area contributed by atoms with Crippen LogP contribution in [0.3, 0.4) is 0 Å². The van der Waals surface area contributed by atoms with Crippen molar-refractivity contribution in [3.8, 4) is 0 Å². The molecule has 0 unspecified atom stereocenters. The molecule has 0 saturated heterocycles. The zero-order chi connectivity index (χ0) is 15.4. The van der Waals surface area contributed by atoms with Gasteiger partial charge in [0.2, 0.25) is 5.82 Å². The lowest BCUT2D eigenvalue weighted by molar-refractivity contribution is -0.387. The fourth-order valence-electron chi connectivity index (χ4n) is 2.27. The van der Waals surface area contributed by atoms with Gasteiger partial charge < -0.3 is 5.32 Å². The van der Waals surface area contributed by atoms with Crippen molar-refractivity contribution in [1.29, 1.82) is 0 Å². The van der Waals surface area contributed by atoms with E-state index in [0.717, 1.165) is 19.3 Å². The highest BCUT2D eigenvalue weighted by Gasteiger charge is 2.24. The average Bonchev–Trinajstić information content (AvgIpc) is 2.93. The van der Waals surface area contributed by atoms with Gasteiger partial charge >= 0.3 is 5.69 Å². The van der Waals surface area contributed by atoms with Gasteiger partial charge in [-0.1, -0.05) is 11.6 Å². The van der Waals surface area contributed by atoms with Crippen molar-refractivity contribution in [3.63, 3.8) is 0 Å². The van der Waals surface area contributed by atoms with E-state index in [1.807, 2.05) is 0 Å². The highest BCUT2D eigenvalue weighted by molar-refractivity contribution is 5.95. The number of hydrogen-bond acceptors (Lipinski definition) is 3. The minimum Gasteiger partial charge on any atom is -0.352 e. The summed E-state index contributed by atoms with van der Waals surface area (Å²) in [5, 5.41) is 13.0. The molecule has 0 aliphatic heterocycles. The van der Waals surface area contributed by atoms with E-state index in [2.05, 4.69) is 11.4 Å². The van der Waals surface area contributed by atoms with E-state index in [4.69, 9.17) is 0 Å². The maximum Gasteiger partial charge on any atom is 0.308 e. The van der Waals surface area contributed by atoms with E-state index in [-0.39, 0.29) is 6.54 Å². The van der Waals surface area contributed by atoms with Crippen molar-refractivity contribution in [2.24, 2.45) is 0 Å². The molecule has 7 heteroatoms. The minimum absolute atomic E-state index is 0.286. The molecule has 0 radical (unpaired) electrons. The zero-order valence-corrected chi connectivity index (χ0v) is 11.2. The Morgan fingerprint density at radius 2 is 2.14 bits per heavy atom. The number of benzene rings is 1. The summed E-state index contributed by atoms with van der Waals surface area (Å²) in [6, 6.07) is 1.11.